The van der Waals surface area contributed by atoms with E-state index >= 15 is 0 Å². The molecular weight excluding hydrogens is 366 g/mol. The number of rotatable bonds is 6. The quantitative estimate of drug-likeness (QED) is 0.802. The Morgan fingerprint density at radius 3 is 2.33 bits per heavy atom. The highest BCUT2D eigenvalue weighted by Crippen LogP contribution is 2.21. The van der Waals surface area contributed by atoms with Crippen LogP contribution in [0.3, 0.4) is 0 Å². The summed E-state index contributed by atoms with van der Waals surface area (Å²) in [6, 6.07) is 14.0. The molecule has 3 rings (SSSR count). The normalized spacial score (nSPS) is 13.5. The van der Waals surface area contributed by atoms with Crippen LogP contribution in [0.2, 0.25) is 5.02 Å². The van der Waals surface area contributed by atoms with Crippen LogP contribution in [0.15, 0.2) is 48.5 Å². The van der Waals surface area contributed by atoms with Crippen molar-refractivity contribution in [1.82, 2.24) is 10.6 Å². The van der Waals surface area contributed by atoms with Crippen molar-refractivity contribution in [3.8, 4) is 0 Å². The highest BCUT2D eigenvalue weighted by Gasteiger charge is 2.21. The molecule has 0 aromatic heterocycles. The predicted molar refractivity (Wildman–Crippen MR) is 104 cm³/mol. The van der Waals surface area contributed by atoms with Crippen LogP contribution in [-0.4, -0.2) is 30.8 Å². The smallest absolute Gasteiger partial charge is 0.251 e. The van der Waals surface area contributed by atoms with E-state index < -0.39 is 0 Å². The van der Waals surface area contributed by atoms with Gasteiger partial charge in [0.2, 0.25) is 11.8 Å². The van der Waals surface area contributed by atoms with Crippen molar-refractivity contribution in [3.63, 3.8) is 0 Å². The lowest BCUT2D eigenvalue weighted by atomic mass is 10.2. The Morgan fingerprint density at radius 1 is 1.00 bits per heavy atom. The molecule has 1 aliphatic heterocycles. The summed E-state index contributed by atoms with van der Waals surface area (Å²) >= 11 is 5.82. The maximum absolute atomic E-state index is 12.2. The van der Waals surface area contributed by atoms with E-state index in [4.69, 9.17) is 11.6 Å². The SMILES string of the molecule is O=C(CNC(=O)c1ccc(N2CCCC2=O)cc1)NCc1ccc(Cl)cc1. The second-order valence-electron chi connectivity index (χ2n) is 6.28. The molecule has 6 nitrogen and oxygen atoms in total. The number of hydrogen-bond donors (Lipinski definition) is 2. The average Bonchev–Trinajstić information content (AvgIpc) is 3.11. The van der Waals surface area contributed by atoms with Crippen molar-refractivity contribution < 1.29 is 14.4 Å². The zero-order valence-electron chi connectivity index (χ0n) is 14.7. The maximum Gasteiger partial charge on any atom is 0.251 e. The Morgan fingerprint density at radius 2 is 1.70 bits per heavy atom. The second kappa shape index (κ2) is 8.68. The summed E-state index contributed by atoms with van der Waals surface area (Å²) in [6.07, 6.45) is 1.42. The Hall–Kier alpha value is -2.86. The standard InChI is InChI=1S/C20H20ClN3O3/c21-16-7-3-14(4-8-16)12-22-18(25)13-23-20(27)15-5-9-17(10-6-15)24-11-1-2-19(24)26/h3-10H,1-2,11-13H2,(H,22,25)(H,23,27). The Balaban J connectivity index is 1.46. The van der Waals surface area contributed by atoms with Gasteiger partial charge in [0, 0.05) is 35.8 Å². The molecule has 1 aliphatic rings. The van der Waals surface area contributed by atoms with Gasteiger partial charge in [0.05, 0.1) is 6.54 Å². The van der Waals surface area contributed by atoms with Crippen molar-refractivity contribution in [2.24, 2.45) is 0 Å². The van der Waals surface area contributed by atoms with E-state index in [0.717, 1.165) is 17.7 Å². The van der Waals surface area contributed by atoms with Crippen LogP contribution in [0.4, 0.5) is 5.69 Å². The zero-order valence-corrected chi connectivity index (χ0v) is 15.5. The summed E-state index contributed by atoms with van der Waals surface area (Å²) in [5.41, 5.74) is 2.15. The number of carbonyl (C=O) groups excluding carboxylic acids is 3. The molecule has 1 saturated heterocycles. The van der Waals surface area contributed by atoms with Crippen LogP contribution in [0.5, 0.6) is 0 Å². The molecule has 0 atom stereocenters. The van der Waals surface area contributed by atoms with Crippen LogP contribution in [-0.2, 0) is 16.1 Å². The van der Waals surface area contributed by atoms with Crippen LogP contribution in [0.25, 0.3) is 0 Å². The van der Waals surface area contributed by atoms with Gasteiger partial charge in [0.15, 0.2) is 0 Å². The molecule has 7 heteroatoms. The van der Waals surface area contributed by atoms with Crippen molar-refractivity contribution in [2.45, 2.75) is 19.4 Å². The van der Waals surface area contributed by atoms with E-state index in [1.807, 2.05) is 12.1 Å². The minimum atomic E-state index is -0.337. The van der Waals surface area contributed by atoms with Crippen LogP contribution >= 0.6 is 11.6 Å². The summed E-state index contributed by atoms with van der Waals surface area (Å²) in [7, 11) is 0. The number of anilines is 1. The Bertz CT molecular complexity index is 835. The summed E-state index contributed by atoms with van der Waals surface area (Å²) in [5.74, 6) is -0.516. The monoisotopic (exact) mass is 385 g/mol. The van der Waals surface area contributed by atoms with Gasteiger partial charge in [-0.2, -0.15) is 0 Å². The first kappa shape index (κ1) is 18.9. The number of hydrogen-bond acceptors (Lipinski definition) is 3. The van der Waals surface area contributed by atoms with E-state index in [1.165, 1.54) is 0 Å². The molecule has 0 saturated carbocycles. The van der Waals surface area contributed by atoms with Crippen molar-refractivity contribution in [1.29, 1.82) is 0 Å². The van der Waals surface area contributed by atoms with Crippen LogP contribution in [0.1, 0.15) is 28.8 Å². The summed E-state index contributed by atoms with van der Waals surface area (Å²) in [4.78, 5) is 37.5. The lowest BCUT2D eigenvalue weighted by Gasteiger charge is -2.15. The van der Waals surface area contributed by atoms with Crippen molar-refractivity contribution in [2.75, 3.05) is 18.0 Å². The van der Waals surface area contributed by atoms with Crippen molar-refractivity contribution in [3.05, 3.63) is 64.7 Å². The number of amides is 3. The van der Waals surface area contributed by atoms with Gasteiger partial charge >= 0.3 is 0 Å². The lowest BCUT2D eigenvalue weighted by molar-refractivity contribution is -0.120. The number of benzene rings is 2. The Labute approximate surface area is 162 Å². The van der Waals surface area contributed by atoms with Gasteiger partial charge in [-0.3, -0.25) is 14.4 Å². The Kier molecular flexibility index (Phi) is 6.08. The van der Waals surface area contributed by atoms with Gasteiger partial charge < -0.3 is 15.5 Å². The molecule has 0 radical (unpaired) electrons. The fraction of sp³-hybridized carbons (Fsp3) is 0.250. The fourth-order valence-electron chi connectivity index (χ4n) is 2.84. The molecule has 0 spiro atoms. The first-order chi connectivity index (χ1) is 13.0. The molecule has 27 heavy (non-hydrogen) atoms. The topological polar surface area (TPSA) is 78.5 Å². The average molecular weight is 386 g/mol. The van der Waals surface area contributed by atoms with Gasteiger partial charge in [0.25, 0.3) is 5.91 Å². The molecule has 2 aromatic rings. The zero-order chi connectivity index (χ0) is 19.2. The van der Waals surface area contributed by atoms with Gasteiger partial charge in [-0.1, -0.05) is 23.7 Å². The third-order valence-corrected chi connectivity index (χ3v) is 4.58. The molecule has 3 amide bonds. The fourth-order valence-corrected chi connectivity index (χ4v) is 2.97. The molecule has 0 unspecified atom stereocenters. The summed E-state index contributed by atoms with van der Waals surface area (Å²) < 4.78 is 0. The summed E-state index contributed by atoms with van der Waals surface area (Å²) in [6.45, 7) is 0.960. The first-order valence-electron chi connectivity index (χ1n) is 8.73. The van der Waals surface area contributed by atoms with E-state index in [-0.39, 0.29) is 24.3 Å². The first-order valence-corrected chi connectivity index (χ1v) is 9.10. The molecule has 140 valence electrons. The predicted octanol–water partition coefficient (Wildman–Crippen LogP) is 2.51. The van der Waals surface area contributed by atoms with E-state index in [1.54, 1.807) is 41.3 Å². The third kappa shape index (κ3) is 5.08. The molecule has 0 aliphatic carbocycles. The number of halogens is 1. The number of nitrogens with zero attached hydrogens (tertiary/aromatic N) is 1. The molecule has 2 aromatic carbocycles. The summed E-state index contributed by atoms with van der Waals surface area (Å²) in [5, 5.41) is 5.96. The number of nitrogens with one attached hydrogen (secondary N) is 2. The number of carbonyl (C=O) groups is 3. The highest BCUT2D eigenvalue weighted by molar-refractivity contribution is 6.30. The van der Waals surface area contributed by atoms with Gasteiger partial charge in [-0.25, -0.2) is 0 Å². The second-order valence-corrected chi connectivity index (χ2v) is 6.72. The van der Waals surface area contributed by atoms with Gasteiger partial charge in [-0.05, 0) is 48.4 Å². The maximum atomic E-state index is 12.2. The highest BCUT2D eigenvalue weighted by atomic mass is 35.5. The molecular formula is C20H20ClN3O3. The molecule has 0 bridgehead atoms. The van der Waals surface area contributed by atoms with Crippen molar-refractivity contribution >= 4 is 35.0 Å². The molecule has 1 fully saturated rings. The van der Waals surface area contributed by atoms with Crippen LogP contribution in [0, 0.1) is 0 Å². The van der Waals surface area contributed by atoms with Gasteiger partial charge in [0.1, 0.15) is 0 Å². The van der Waals surface area contributed by atoms with Crippen LogP contribution < -0.4 is 15.5 Å². The van der Waals surface area contributed by atoms with E-state index in [2.05, 4.69) is 10.6 Å². The lowest BCUT2D eigenvalue weighted by Crippen LogP contribution is -2.36. The minimum absolute atomic E-state index is 0.101. The minimum Gasteiger partial charge on any atom is -0.350 e. The largest absolute Gasteiger partial charge is 0.350 e. The molecule has 1 heterocycles. The molecule has 2 N–H and O–H groups in total. The van der Waals surface area contributed by atoms with E-state index in [9.17, 15) is 14.4 Å². The third-order valence-electron chi connectivity index (χ3n) is 4.33. The van der Waals surface area contributed by atoms with Gasteiger partial charge in [-0.15, -0.1) is 0 Å². The van der Waals surface area contributed by atoms with E-state index in [0.29, 0.717) is 30.1 Å².